The van der Waals surface area contributed by atoms with E-state index in [9.17, 15) is 4.79 Å². The van der Waals surface area contributed by atoms with E-state index in [0.717, 1.165) is 51.4 Å². The molecule has 0 N–H and O–H groups in total. The molecule has 4 aromatic carbocycles. The highest BCUT2D eigenvalue weighted by molar-refractivity contribution is 5.59. The lowest BCUT2D eigenvalue weighted by molar-refractivity contribution is 0.0527. The van der Waals surface area contributed by atoms with Crippen LogP contribution in [0, 0.1) is 0 Å². The smallest absolute Gasteiger partial charge is 0.434 e. The summed E-state index contributed by atoms with van der Waals surface area (Å²) in [7, 11) is 0. The van der Waals surface area contributed by atoms with Gasteiger partial charge in [-0.25, -0.2) is 4.79 Å². The average molecular weight is 563 g/mol. The zero-order chi connectivity index (χ0) is 29.4. The van der Waals surface area contributed by atoms with Gasteiger partial charge in [0.05, 0.1) is 13.2 Å². The summed E-state index contributed by atoms with van der Waals surface area (Å²) in [5.74, 6) is 0.542. The van der Waals surface area contributed by atoms with Crippen molar-refractivity contribution in [3.8, 4) is 0 Å². The first-order chi connectivity index (χ1) is 20.7. The summed E-state index contributed by atoms with van der Waals surface area (Å²) >= 11 is 0. The molecule has 0 bridgehead atoms. The molecule has 2 atom stereocenters. The predicted octanol–water partition coefficient (Wildman–Crippen LogP) is 10.3. The molecule has 42 heavy (non-hydrogen) atoms. The molecule has 0 saturated carbocycles. The second-order valence-electron chi connectivity index (χ2n) is 11.1. The molecule has 220 valence electrons. The molecule has 0 radical (unpaired) electrons. The summed E-state index contributed by atoms with van der Waals surface area (Å²) in [6.07, 6.45) is 7.28. The van der Waals surface area contributed by atoms with Gasteiger partial charge in [-0.1, -0.05) is 136 Å². The van der Waals surface area contributed by atoms with Crippen molar-refractivity contribution >= 4 is 6.16 Å². The minimum Gasteiger partial charge on any atom is -0.434 e. The third-order valence-electron chi connectivity index (χ3n) is 7.96. The number of hydrogen-bond donors (Lipinski definition) is 0. The molecule has 0 aliphatic heterocycles. The maximum Gasteiger partial charge on any atom is 0.508 e. The van der Waals surface area contributed by atoms with Crippen molar-refractivity contribution in [2.24, 2.45) is 0 Å². The first-order valence-corrected chi connectivity index (χ1v) is 15.7. The fraction of sp³-hybridized carbons (Fsp3) is 0.359. The lowest BCUT2D eigenvalue weighted by Gasteiger charge is -2.19. The largest absolute Gasteiger partial charge is 0.508 e. The summed E-state index contributed by atoms with van der Waals surface area (Å²) in [6.45, 7) is 5.13. The predicted molar refractivity (Wildman–Crippen MR) is 173 cm³/mol. The molecule has 0 aliphatic rings. The number of aryl methyl sites for hydroxylation is 2. The van der Waals surface area contributed by atoms with E-state index in [1.165, 1.54) is 33.4 Å². The number of ether oxygens (including phenoxy) is 2. The molecule has 0 aromatic heterocycles. The standard InChI is InChI=1S/C39H46O3/c1-3-13-31-21-25-35(26-22-31)37(33-15-7-5-8-16-33)19-11-29-41-39(40)42-30-12-20-38(34-17-9-6-10-18-34)36-27-23-32(14-4-2)24-28-36/h5-10,15-18,21-28,37-38H,3-4,11-14,19-20,29-30H2,1-2H3. The van der Waals surface area contributed by atoms with E-state index < -0.39 is 6.16 Å². The van der Waals surface area contributed by atoms with Crippen LogP contribution in [-0.4, -0.2) is 19.4 Å². The number of carbonyl (C=O) groups excluding carboxylic acids is 1. The quantitative estimate of drug-likeness (QED) is 0.101. The molecule has 4 rings (SSSR count). The normalized spacial score (nSPS) is 12.4. The molecule has 0 spiro atoms. The lowest BCUT2D eigenvalue weighted by Crippen LogP contribution is -2.11. The summed E-state index contributed by atoms with van der Waals surface area (Å²) in [6, 6.07) is 39.2. The van der Waals surface area contributed by atoms with E-state index >= 15 is 0 Å². The molecular weight excluding hydrogens is 516 g/mol. The van der Waals surface area contributed by atoms with Crippen LogP contribution in [0.5, 0.6) is 0 Å². The van der Waals surface area contributed by atoms with Crippen molar-refractivity contribution in [3.05, 3.63) is 143 Å². The van der Waals surface area contributed by atoms with Crippen LogP contribution in [-0.2, 0) is 22.3 Å². The Morgan fingerprint density at radius 2 is 0.881 bits per heavy atom. The van der Waals surface area contributed by atoms with Gasteiger partial charge >= 0.3 is 6.16 Å². The Morgan fingerprint density at radius 1 is 0.524 bits per heavy atom. The molecule has 0 aliphatic carbocycles. The second kappa shape index (κ2) is 17.2. The summed E-state index contributed by atoms with van der Waals surface area (Å²) in [5, 5.41) is 0. The lowest BCUT2D eigenvalue weighted by atomic mass is 9.87. The Balaban J connectivity index is 1.24. The fourth-order valence-corrected chi connectivity index (χ4v) is 5.76. The second-order valence-corrected chi connectivity index (χ2v) is 11.1. The highest BCUT2D eigenvalue weighted by atomic mass is 16.7. The van der Waals surface area contributed by atoms with E-state index in [1.54, 1.807) is 0 Å². The van der Waals surface area contributed by atoms with Crippen LogP contribution in [0.15, 0.2) is 109 Å². The van der Waals surface area contributed by atoms with Gasteiger partial charge in [-0.15, -0.1) is 0 Å². The first-order valence-electron chi connectivity index (χ1n) is 15.7. The van der Waals surface area contributed by atoms with Gasteiger partial charge in [0.1, 0.15) is 0 Å². The number of rotatable bonds is 16. The van der Waals surface area contributed by atoms with E-state index in [4.69, 9.17) is 9.47 Å². The molecule has 2 unspecified atom stereocenters. The maximum absolute atomic E-state index is 12.4. The van der Waals surface area contributed by atoms with Crippen LogP contribution < -0.4 is 0 Å². The van der Waals surface area contributed by atoms with Crippen LogP contribution in [0.1, 0.15) is 97.6 Å². The Hall–Kier alpha value is -3.85. The topological polar surface area (TPSA) is 35.5 Å². The van der Waals surface area contributed by atoms with Crippen LogP contribution in [0.25, 0.3) is 0 Å². The fourth-order valence-electron chi connectivity index (χ4n) is 5.76. The minimum atomic E-state index is -0.574. The van der Waals surface area contributed by atoms with Gasteiger partial charge in [-0.2, -0.15) is 0 Å². The van der Waals surface area contributed by atoms with Crippen molar-refractivity contribution in [3.63, 3.8) is 0 Å². The first kappa shape index (κ1) is 31.1. The minimum absolute atomic E-state index is 0.271. The molecule has 4 aromatic rings. The van der Waals surface area contributed by atoms with Crippen molar-refractivity contribution < 1.29 is 14.3 Å². The highest BCUT2D eigenvalue weighted by Crippen LogP contribution is 2.31. The van der Waals surface area contributed by atoms with Gasteiger partial charge in [0.25, 0.3) is 0 Å². The van der Waals surface area contributed by atoms with Gasteiger partial charge < -0.3 is 9.47 Å². The van der Waals surface area contributed by atoms with Gasteiger partial charge in [-0.05, 0) is 71.9 Å². The maximum atomic E-state index is 12.4. The molecule has 0 heterocycles. The van der Waals surface area contributed by atoms with E-state index in [0.29, 0.717) is 13.2 Å². The van der Waals surface area contributed by atoms with Crippen LogP contribution >= 0.6 is 0 Å². The highest BCUT2D eigenvalue weighted by Gasteiger charge is 2.16. The van der Waals surface area contributed by atoms with Gasteiger partial charge in [0.2, 0.25) is 0 Å². The molecule has 0 fully saturated rings. The van der Waals surface area contributed by atoms with Gasteiger partial charge in [0.15, 0.2) is 0 Å². The Kier molecular flexibility index (Phi) is 12.7. The Labute approximate surface area is 252 Å². The zero-order valence-corrected chi connectivity index (χ0v) is 25.3. The summed E-state index contributed by atoms with van der Waals surface area (Å²) in [5.41, 5.74) is 7.93. The van der Waals surface area contributed by atoms with Crippen LogP contribution in [0.3, 0.4) is 0 Å². The van der Waals surface area contributed by atoms with Crippen molar-refractivity contribution in [2.75, 3.05) is 13.2 Å². The zero-order valence-electron chi connectivity index (χ0n) is 25.3. The number of carbonyl (C=O) groups is 1. The molecule has 3 heteroatoms. The van der Waals surface area contributed by atoms with E-state index in [2.05, 4.69) is 123 Å². The third-order valence-corrected chi connectivity index (χ3v) is 7.96. The van der Waals surface area contributed by atoms with Gasteiger partial charge in [0, 0.05) is 11.8 Å². The monoisotopic (exact) mass is 562 g/mol. The third kappa shape index (κ3) is 9.62. The molecular formula is C39H46O3. The SMILES string of the molecule is CCCc1ccc(C(CCCOC(=O)OCCCC(c2ccccc2)c2ccc(CCC)cc2)c2ccccc2)cc1. The number of benzene rings is 4. The van der Waals surface area contributed by atoms with Gasteiger partial charge in [-0.3, -0.25) is 0 Å². The Morgan fingerprint density at radius 3 is 1.24 bits per heavy atom. The molecule has 3 nitrogen and oxygen atoms in total. The van der Waals surface area contributed by atoms with E-state index in [1.807, 2.05) is 0 Å². The van der Waals surface area contributed by atoms with Crippen LogP contribution in [0.2, 0.25) is 0 Å². The Bertz CT molecular complexity index is 1190. The molecule has 0 saturated heterocycles. The van der Waals surface area contributed by atoms with Crippen LogP contribution in [0.4, 0.5) is 4.79 Å². The van der Waals surface area contributed by atoms with Crippen molar-refractivity contribution in [1.29, 1.82) is 0 Å². The summed E-state index contributed by atoms with van der Waals surface area (Å²) in [4.78, 5) is 12.4. The average Bonchev–Trinajstić information content (AvgIpc) is 3.03. The van der Waals surface area contributed by atoms with Crippen molar-refractivity contribution in [1.82, 2.24) is 0 Å². The van der Waals surface area contributed by atoms with E-state index in [-0.39, 0.29) is 11.8 Å². The summed E-state index contributed by atoms with van der Waals surface area (Å²) < 4.78 is 10.9. The molecule has 0 amide bonds. The number of hydrogen-bond acceptors (Lipinski definition) is 3. The van der Waals surface area contributed by atoms with Crippen molar-refractivity contribution in [2.45, 2.75) is 77.0 Å².